The van der Waals surface area contributed by atoms with Gasteiger partial charge in [0.05, 0.1) is 16.9 Å². The van der Waals surface area contributed by atoms with Gasteiger partial charge in [0.1, 0.15) is 11.5 Å². The number of aromatic carboxylic acids is 1. The smallest absolute Gasteiger partial charge is 0.337 e. The fourth-order valence-electron chi connectivity index (χ4n) is 1.81. The number of nitrogen functional groups attached to an aromatic ring is 1. The molecule has 0 aliphatic rings. The molecule has 0 aliphatic heterocycles. The average molecular weight is 300 g/mol. The molecule has 0 aromatic heterocycles. The van der Waals surface area contributed by atoms with Crippen LogP contribution in [0.2, 0.25) is 0 Å². The van der Waals surface area contributed by atoms with Gasteiger partial charge in [-0.2, -0.15) is 0 Å². The highest BCUT2D eigenvalue weighted by molar-refractivity contribution is 6.00. The van der Waals surface area contributed by atoms with Gasteiger partial charge >= 0.3 is 5.97 Å². The SMILES string of the molecule is CCC(=O)Nc1ccc(Oc2ccccc2N)cc1C(=O)O. The number of carbonyl (C=O) groups excluding carboxylic acids is 1. The molecule has 4 N–H and O–H groups in total. The van der Waals surface area contributed by atoms with E-state index >= 15 is 0 Å². The van der Waals surface area contributed by atoms with Crippen LogP contribution in [0, 0.1) is 0 Å². The van der Waals surface area contributed by atoms with Crippen molar-refractivity contribution in [2.24, 2.45) is 0 Å². The van der Waals surface area contributed by atoms with Crippen LogP contribution in [0.1, 0.15) is 23.7 Å². The standard InChI is InChI=1S/C16H16N2O4/c1-2-15(19)18-13-8-7-10(9-11(13)16(20)21)22-14-6-4-3-5-12(14)17/h3-9H,2,17H2,1H3,(H,18,19)(H,20,21). The van der Waals surface area contributed by atoms with Gasteiger partial charge in [0.2, 0.25) is 5.91 Å². The van der Waals surface area contributed by atoms with Crippen molar-refractivity contribution in [2.75, 3.05) is 11.1 Å². The Morgan fingerprint density at radius 1 is 1.23 bits per heavy atom. The van der Waals surface area contributed by atoms with Crippen LogP contribution in [-0.4, -0.2) is 17.0 Å². The quantitative estimate of drug-likeness (QED) is 0.736. The number of nitrogens with one attached hydrogen (secondary N) is 1. The molecule has 6 nitrogen and oxygen atoms in total. The minimum atomic E-state index is -1.15. The largest absolute Gasteiger partial charge is 0.478 e. The molecule has 0 saturated carbocycles. The number of carboxylic acid groups (broad SMARTS) is 1. The van der Waals surface area contributed by atoms with Gasteiger partial charge in [-0.25, -0.2) is 4.79 Å². The summed E-state index contributed by atoms with van der Waals surface area (Å²) < 4.78 is 5.59. The molecule has 6 heteroatoms. The van der Waals surface area contributed by atoms with E-state index in [9.17, 15) is 14.7 Å². The maximum atomic E-state index is 11.4. The number of ether oxygens (including phenoxy) is 1. The number of benzene rings is 2. The number of rotatable bonds is 5. The van der Waals surface area contributed by atoms with Gasteiger partial charge in [0.15, 0.2) is 0 Å². The van der Waals surface area contributed by atoms with Crippen molar-refractivity contribution in [1.29, 1.82) is 0 Å². The molecule has 0 unspecified atom stereocenters. The fourth-order valence-corrected chi connectivity index (χ4v) is 1.81. The molecule has 1 amide bonds. The number of anilines is 2. The summed E-state index contributed by atoms with van der Waals surface area (Å²) in [5.41, 5.74) is 6.41. The topological polar surface area (TPSA) is 102 Å². The van der Waals surface area contributed by atoms with Gasteiger partial charge in [-0.3, -0.25) is 4.79 Å². The predicted octanol–water partition coefficient (Wildman–Crippen LogP) is 3.11. The lowest BCUT2D eigenvalue weighted by Crippen LogP contribution is -2.13. The number of carboxylic acids is 1. The van der Waals surface area contributed by atoms with Crippen molar-refractivity contribution in [2.45, 2.75) is 13.3 Å². The van der Waals surface area contributed by atoms with Crippen LogP contribution in [0.25, 0.3) is 0 Å². The first-order valence-corrected chi connectivity index (χ1v) is 6.70. The Kier molecular flexibility index (Phi) is 4.63. The second-order valence-electron chi connectivity index (χ2n) is 4.55. The van der Waals surface area contributed by atoms with E-state index in [4.69, 9.17) is 10.5 Å². The van der Waals surface area contributed by atoms with E-state index < -0.39 is 5.97 Å². The van der Waals surface area contributed by atoms with Crippen molar-refractivity contribution in [1.82, 2.24) is 0 Å². The van der Waals surface area contributed by atoms with Crippen LogP contribution in [0.3, 0.4) is 0 Å². The van der Waals surface area contributed by atoms with Crippen molar-refractivity contribution in [3.05, 3.63) is 48.0 Å². The molecular weight excluding hydrogens is 284 g/mol. The predicted molar refractivity (Wildman–Crippen MR) is 83.3 cm³/mol. The number of nitrogens with two attached hydrogens (primary N) is 1. The number of para-hydroxylation sites is 2. The highest BCUT2D eigenvalue weighted by Gasteiger charge is 2.14. The minimum absolute atomic E-state index is 0.0474. The van der Waals surface area contributed by atoms with Crippen molar-refractivity contribution in [3.8, 4) is 11.5 Å². The molecule has 2 rings (SSSR count). The first kappa shape index (κ1) is 15.4. The molecule has 22 heavy (non-hydrogen) atoms. The fraction of sp³-hybridized carbons (Fsp3) is 0.125. The van der Waals surface area contributed by atoms with E-state index in [0.29, 0.717) is 17.2 Å². The molecule has 0 aliphatic carbocycles. The Hall–Kier alpha value is -3.02. The summed E-state index contributed by atoms with van der Waals surface area (Å²) in [5, 5.41) is 11.8. The second-order valence-corrected chi connectivity index (χ2v) is 4.55. The van der Waals surface area contributed by atoms with Crippen molar-refractivity contribution >= 4 is 23.3 Å². The lowest BCUT2D eigenvalue weighted by atomic mass is 10.1. The molecule has 2 aromatic rings. The van der Waals surface area contributed by atoms with Crippen LogP contribution in [-0.2, 0) is 4.79 Å². The Morgan fingerprint density at radius 2 is 1.95 bits per heavy atom. The summed E-state index contributed by atoms with van der Waals surface area (Å²) in [4.78, 5) is 22.8. The molecule has 0 saturated heterocycles. The van der Waals surface area contributed by atoms with Gasteiger partial charge in [0, 0.05) is 6.42 Å². The first-order valence-electron chi connectivity index (χ1n) is 6.70. The van der Waals surface area contributed by atoms with E-state index in [1.807, 2.05) is 0 Å². The Morgan fingerprint density at radius 3 is 2.59 bits per heavy atom. The van der Waals surface area contributed by atoms with Gasteiger partial charge in [-0.05, 0) is 30.3 Å². The van der Waals surface area contributed by atoms with E-state index in [0.717, 1.165) is 0 Å². The molecule has 2 aromatic carbocycles. The van der Waals surface area contributed by atoms with Crippen LogP contribution >= 0.6 is 0 Å². The van der Waals surface area contributed by atoms with Crippen LogP contribution in [0.4, 0.5) is 11.4 Å². The van der Waals surface area contributed by atoms with E-state index in [2.05, 4.69) is 5.32 Å². The third-order valence-electron chi connectivity index (χ3n) is 2.96. The monoisotopic (exact) mass is 300 g/mol. The maximum absolute atomic E-state index is 11.4. The Balaban J connectivity index is 2.31. The summed E-state index contributed by atoms with van der Waals surface area (Å²) in [5.74, 6) is -0.657. The van der Waals surface area contributed by atoms with Gasteiger partial charge < -0.3 is 20.9 Å². The molecule has 0 bridgehead atoms. The van der Waals surface area contributed by atoms with E-state index in [-0.39, 0.29) is 23.6 Å². The molecular formula is C16H16N2O4. The highest BCUT2D eigenvalue weighted by atomic mass is 16.5. The molecule has 0 atom stereocenters. The summed E-state index contributed by atoms with van der Waals surface area (Å²) in [7, 11) is 0. The zero-order valence-electron chi connectivity index (χ0n) is 12.0. The maximum Gasteiger partial charge on any atom is 0.337 e. The van der Waals surface area contributed by atoms with E-state index in [1.54, 1.807) is 37.3 Å². The third-order valence-corrected chi connectivity index (χ3v) is 2.96. The Bertz CT molecular complexity index is 713. The zero-order valence-corrected chi connectivity index (χ0v) is 12.0. The van der Waals surface area contributed by atoms with Gasteiger partial charge in [-0.15, -0.1) is 0 Å². The summed E-state index contributed by atoms with van der Waals surface area (Å²) in [6.45, 7) is 1.69. The number of amides is 1. The lowest BCUT2D eigenvalue weighted by Gasteiger charge is -2.12. The normalized spacial score (nSPS) is 10.0. The first-order chi connectivity index (χ1) is 10.5. The molecule has 0 radical (unpaired) electrons. The molecule has 114 valence electrons. The molecule has 0 fully saturated rings. The summed E-state index contributed by atoms with van der Waals surface area (Å²) in [6.07, 6.45) is 0.262. The zero-order chi connectivity index (χ0) is 16.1. The van der Waals surface area contributed by atoms with Crippen LogP contribution in [0.5, 0.6) is 11.5 Å². The van der Waals surface area contributed by atoms with Gasteiger partial charge in [0.25, 0.3) is 0 Å². The number of hydrogen-bond donors (Lipinski definition) is 3. The number of carbonyl (C=O) groups is 2. The van der Waals surface area contributed by atoms with E-state index in [1.165, 1.54) is 12.1 Å². The molecule has 0 spiro atoms. The second kappa shape index (κ2) is 6.62. The van der Waals surface area contributed by atoms with Crippen molar-refractivity contribution in [3.63, 3.8) is 0 Å². The summed E-state index contributed by atoms with van der Waals surface area (Å²) >= 11 is 0. The Labute approximate surface area is 127 Å². The minimum Gasteiger partial charge on any atom is -0.478 e. The third kappa shape index (κ3) is 3.54. The van der Waals surface area contributed by atoms with Crippen LogP contribution in [0.15, 0.2) is 42.5 Å². The van der Waals surface area contributed by atoms with Crippen LogP contribution < -0.4 is 15.8 Å². The van der Waals surface area contributed by atoms with Crippen molar-refractivity contribution < 1.29 is 19.4 Å². The number of hydrogen-bond acceptors (Lipinski definition) is 4. The summed E-state index contributed by atoms with van der Waals surface area (Å²) in [6, 6.07) is 11.3. The molecule has 0 heterocycles. The van der Waals surface area contributed by atoms with Gasteiger partial charge in [-0.1, -0.05) is 19.1 Å². The lowest BCUT2D eigenvalue weighted by molar-refractivity contribution is -0.115. The average Bonchev–Trinajstić information content (AvgIpc) is 2.50. The highest BCUT2D eigenvalue weighted by Crippen LogP contribution is 2.29.